The lowest BCUT2D eigenvalue weighted by molar-refractivity contribution is -0.137. The summed E-state index contributed by atoms with van der Waals surface area (Å²) in [5.41, 5.74) is 4.57. The van der Waals surface area contributed by atoms with Crippen molar-refractivity contribution in [2.45, 2.75) is 25.9 Å². The molecule has 1 aliphatic rings. The van der Waals surface area contributed by atoms with Crippen molar-refractivity contribution >= 4 is 35.0 Å². The first kappa shape index (κ1) is 28.0. The van der Waals surface area contributed by atoms with Gasteiger partial charge in [0.05, 0.1) is 48.8 Å². The molecule has 1 fully saturated rings. The molecule has 1 saturated heterocycles. The van der Waals surface area contributed by atoms with Crippen molar-refractivity contribution in [3.8, 4) is 0 Å². The summed E-state index contributed by atoms with van der Waals surface area (Å²) in [6.45, 7) is 5.97. The summed E-state index contributed by atoms with van der Waals surface area (Å²) in [6.07, 6.45) is -0.375. The molecule has 9 nitrogen and oxygen atoms in total. The number of pyridine rings is 1. The third-order valence-electron chi connectivity index (χ3n) is 6.01. The molecule has 39 heavy (non-hydrogen) atoms. The van der Waals surface area contributed by atoms with E-state index in [1.165, 1.54) is 12.4 Å². The maximum Gasteiger partial charge on any atom is 0.416 e. The average molecular weight is 547 g/mol. The molecule has 3 aromatic rings. The van der Waals surface area contributed by atoms with Crippen molar-refractivity contribution < 1.29 is 22.3 Å². The molecule has 2 aromatic heterocycles. The zero-order valence-corrected chi connectivity index (χ0v) is 22.1. The highest BCUT2D eigenvalue weighted by Crippen LogP contribution is 2.35. The normalized spacial score (nSPS) is 14.2. The largest absolute Gasteiger partial charge is 0.416 e. The van der Waals surface area contributed by atoms with Crippen LogP contribution in [0.3, 0.4) is 0 Å². The lowest BCUT2D eigenvalue weighted by Gasteiger charge is -2.27. The van der Waals surface area contributed by atoms with Gasteiger partial charge < -0.3 is 19.9 Å². The molecule has 208 valence electrons. The molecule has 1 aliphatic heterocycles. The average Bonchev–Trinajstić information content (AvgIpc) is 2.90. The molecule has 0 radical (unpaired) electrons. The number of aromatic nitrogens is 3. The second kappa shape index (κ2) is 11.8. The maximum atomic E-state index is 14.3. The van der Waals surface area contributed by atoms with Crippen LogP contribution in [0.2, 0.25) is 0 Å². The van der Waals surface area contributed by atoms with Crippen molar-refractivity contribution in [1.29, 1.82) is 0 Å². The molecule has 0 amide bonds. The number of nitrogens with one attached hydrogen (secondary N) is 2. The van der Waals surface area contributed by atoms with Crippen LogP contribution in [0.5, 0.6) is 0 Å². The first-order valence-electron chi connectivity index (χ1n) is 12.3. The SMILES string of the molecule is CC(C)c1cc(Nc2cc(N(C)C)cc(C(F)(F)F)c2)cnc1/C=N/Nc1ncc(F)c(N2CCOCC2)n1. The number of alkyl halides is 3. The summed E-state index contributed by atoms with van der Waals surface area (Å²) >= 11 is 0. The lowest BCUT2D eigenvalue weighted by Crippen LogP contribution is -2.37. The zero-order chi connectivity index (χ0) is 28.2. The van der Waals surface area contributed by atoms with Gasteiger partial charge in [0, 0.05) is 38.6 Å². The molecular formula is C26H30F4N8O. The van der Waals surface area contributed by atoms with Crippen molar-refractivity contribution in [3.05, 3.63) is 59.3 Å². The van der Waals surface area contributed by atoms with E-state index in [2.05, 4.69) is 30.8 Å². The minimum absolute atomic E-state index is 0.0366. The van der Waals surface area contributed by atoms with Gasteiger partial charge in [-0.1, -0.05) is 13.8 Å². The quantitative estimate of drug-likeness (QED) is 0.225. The Hall–Kier alpha value is -4.00. The van der Waals surface area contributed by atoms with Gasteiger partial charge in [-0.05, 0) is 35.7 Å². The van der Waals surface area contributed by atoms with Gasteiger partial charge in [-0.2, -0.15) is 23.3 Å². The highest BCUT2D eigenvalue weighted by atomic mass is 19.4. The minimum Gasteiger partial charge on any atom is -0.378 e. The van der Waals surface area contributed by atoms with E-state index in [0.717, 1.165) is 23.9 Å². The Labute approximate surface area is 223 Å². The summed E-state index contributed by atoms with van der Waals surface area (Å²) in [5, 5.41) is 7.22. The predicted octanol–water partition coefficient (Wildman–Crippen LogP) is 5.25. The van der Waals surface area contributed by atoms with Crippen molar-refractivity contribution in [2.75, 3.05) is 60.9 Å². The number of hydrogen-bond acceptors (Lipinski definition) is 9. The monoisotopic (exact) mass is 546 g/mol. The second-order valence-electron chi connectivity index (χ2n) is 9.47. The van der Waals surface area contributed by atoms with E-state index in [0.29, 0.717) is 43.4 Å². The predicted molar refractivity (Wildman–Crippen MR) is 144 cm³/mol. The number of hydrazone groups is 1. The molecule has 0 aliphatic carbocycles. The van der Waals surface area contributed by atoms with E-state index >= 15 is 0 Å². The highest BCUT2D eigenvalue weighted by Gasteiger charge is 2.31. The number of rotatable bonds is 8. The van der Waals surface area contributed by atoms with Crippen LogP contribution in [0.15, 0.2) is 41.8 Å². The van der Waals surface area contributed by atoms with Gasteiger partial charge in [0.2, 0.25) is 5.95 Å². The Balaban J connectivity index is 1.53. The van der Waals surface area contributed by atoms with Crippen molar-refractivity contribution in [3.63, 3.8) is 0 Å². The number of morpholine rings is 1. The zero-order valence-electron chi connectivity index (χ0n) is 22.1. The standard InChI is InChI=1S/C26H30F4N8O/c1-16(2)21-12-19(34-18-9-17(26(28,29)30)10-20(11-18)37(3)4)13-31-23(21)15-33-36-25-32-14-22(27)24(35-25)38-5-7-39-8-6-38/h9-16,34H,5-8H2,1-4H3,(H,32,35,36)/b33-15+. The molecule has 4 rings (SSSR count). The Morgan fingerprint density at radius 3 is 2.46 bits per heavy atom. The molecular weight excluding hydrogens is 516 g/mol. The van der Waals surface area contributed by atoms with Gasteiger partial charge >= 0.3 is 6.18 Å². The van der Waals surface area contributed by atoms with Crippen LogP contribution in [0.1, 0.15) is 36.6 Å². The topological polar surface area (TPSA) is 90.8 Å². The van der Waals surface area contributed by atoms with Crippen LogP contribution in [0.25, 0.3) is 0 Å². The number of ether oxygens (including phenoxy) is 1. The fourth-order valence-corrected chi connectivity index (χ4v) is 3.96. The van der Waals surface area contributed by atoms with Crippen LogP contribution < -0.4 is 20.5 Å². The minimum atomic E-state index is -4.48. The Morgan fingerprint density at radius 2 is 1.79 bits per heavy atom. The third kappa shape index (κ3) is 7.11. The third-order valence-corrected chi connectivity index (χ3v) is 6.01. The molecule has 3 heterocycles. The van der Waals surface area contributed by atoms with Crippen LogP contribution in [-0.4, -0.2) is 61.6 Å². The molecule has 2 N–H and O–H groups in total. The summed E-state index contributed by atoms with van der Waals surface area (Å²) in [6, 6.07) is 5.62. The van der Waals surface area contributed by atoms with Gasteiger partial charge in [-0.15, -0.1) is 0 Å². The molecule has 0 saturated carbocycles. The van der Waals surface area contributed by atoms with Gasteiger partial charge in [-0.25, -0.2) is 14.8 Å². The summed E-state index contributed by atoms with van der Waals surface area (Å²) in [7, 11) is 3.36. The first-order valence-corrected chi connectivity index (χ1v) is 12.3. The number of anilines is 5. The first-order chi connectivity index (χ1) is 18.5. The van der Waals surface area contributed by atoms with Crippen LogP contribution in [0, 0.1) is 5.82 Å². The van der Waals surface area contributed by atoms with E-state index in [1.807, 2.05) is 19.9 Å². The molecule has 0 unspecified atom stereocenters. The van der Waals surface area contributed by atoms with Gasteiger partial charge in [0.15, 0.2) is 11.6 Å². The molecule has 1 aromatic carbocycles. The lowest BCUT2D eigenvalue weighted by atomic mass is 10.0. The van der Waals surface area contributed by atoms with Crippen LogP contribution in [-0.2, 0) is 10.9 Å². The smallest absolute Gasteiger partial charge is 0.378 e. The number of halogens is 4. The number of nitrogens with zero attached hydrogens (tertiary/aromatic N) is 6. The number of hydrogen-bond donors (Lipinski definition) is 2. The molecule has 0 spiro atoms. The molecule has 0 atom stereocenters. The highest BCUT2D eigenvalue weighted by molar-refractivity contribution is 5.81. The second-order valence-corrected chi connectivity index (χ2v) is 9.47. The van der Waals surface area contributed by atoms with Crippen LogP contribution >= 0.6 is 0 Å². The molecule has 0 bridgehead atoms. The van der Waals surface area contributed by atoms with E-state index in [9.17, 15) is 17.6 Å². The van der Waals surface area contributed by atoms with E-state index < -0.39 is 17.6 Å². The summed E-state index contributed by atoms with van der Waals surface area (Å²) < 4.78 is 59.9. The van der Waals surface area contributed by atoms with E-state index in [1.54, 1.807) is 30.0 Å². The summed E-state index contributed by atoms with van der Waals surface area (Å²) in [5.74, 6) is -0.194. The fourth-order valence-electron chi connectivity index (χ4n) is 3.96. The van der Waals surface area contributed by atoms with E-state index in [-0.39, 0.29) is 23.4 Å². The summed E-state index contributed by atoms with van der Waals surface area (Å²) in [4.78, 5) is 16.0. The van der Waals surface area contributed by atoms with Crippen molar-refractivity contribution in [1.82, 2.24) is 15.0 Å². The van der Waals surface area contributed by atoms with Gasteiger partial charge in [0.25, 0.3) is 0 Å². The Bertz CT molecular complexity index is 1320. The maximum absolute atomic E-state index is 14.3. The molecule has 13 heteroatoms. The Kier molecular flexibility index (Phi) is 8.48. The fraction of sp³-hybridized carbons (Fsp3) is 0.385. The Morgan fingerprint density at radius 1 is 1.05 bits per heavy atom. The van der Waals surface area contributed by atoms with Crippen molar-refractivity contribution in [2.24, 2.45) is 5.10 Å². The number of benzene rings is 1. The van der Waals surface area contributed by atoms with Gasteiger partial charge in [0.1, 0.15) is 0 Å². The van der Waals surface area contributed by atoms with Gasteiger partial charge in [-0.3, -0.25) is 4.98 Å². The van der Waals surface area contributed by atoms with E-state index in [4.69, 9.17) is 4.74 Å². The van der Waals surface area contributed by atoms with Crippen LogP contribution in [0.4, 0.5) is 46.4 Å².